The molecule has 2 rings (SSSR count). The maximum absolute atomic E-state index is 12.5. The lowest BCUT2D eigenvalue weighted by Gasteiger charge is -2.21. The molecule has 0 aliphatic heterocycles. The molecule has 0 heterocycles. The number of esters is 1. The number of hydrogen-bond acceptors (Lipinski definition) is 7. The van der Waals surface area contributed by atoms with Gasteiger partial charge in [-0.2, -0.15) is 0 Å². The second-order valence-electron chi connectivity index (χ2n) is 7.40. The Morgan fingerprint density at radius 3 is 2.42 bits per heavy atom. The van der Waals surface area contributed by atoms with Crippen molar-refractivity contribution in [3.05, 3.63) is 63.2 Å². The first-order chi connectivity index (χ1) is 14.3. The minimum Gasteiger partial charge on any atom is -0.452 e. The highest BCUT2D eigenvalue weighted by molar-refractivity contribution is 7.89. The number of halogens is 1. The van der Waals surface area contributed by atoms with Crippen LogP contribution in [0.25, 0.3) is 0 Å². The number of benzene rings is 2. The number of para-hydroxylation sites is 2. The van der Waals surface area contributed by atoms with E-state index in [1.807, 2.05) is 0 Å². The number of carbonyl (C=O) groups is 2. The summed E-state index contributed by atoms with van der Waals surface area (Å²) < 4.78 is 32.4. The molecule has 0 unspecified atom stereocenters. The maximum Gasteiger partial charge on any atom is 0.338 e. The molecule has 0 fully saturated rings. The van der Waals surface area contributed by atoms with E-state index < -0.39 is 39.0 Å². The molecule has 0 saturated carbocycles. The quantitative estimate of drug-likeness (QED) is 0.360. The van der Waals surface area contributed by atoms with E-state index in [1.165, 1.54) is 36.4 Å². The van der Waals surface area contributed by atoms with E-state index in [2.05, 4.69) is 10.0 Å². The smallest absolute Gasteiger partial charge is 0.338 e. The zero-order chi connectivity index (χ0) is 23.4. The summed E-state index contributed by atoms with van der Waals surface area (Å²) in [6.45, 7) is 4.20. The third-order valence-corrected chi connectivity index (χ3v) is 5.85. The number of rotatable bonds is 7. The van der Waals surface area contributed by atoms with Crippen LogP contribution in [-0.2, 0) is 19.6 Å². The number of anilines is 1. The van der Waals surface area contributed by atoms with Gasteiger partial charge < -0.3 is 10.1 Å². The molecule has 10 nitrogen and oxygen atoms in total. The summed E-state index contributed by atoms with van der Waals surface area (Å²) in [5.41, 5.74) is -1.29. The van der Waals surface area contributed by atoms with Gasteiger partial charge in [0.05, 0.1) is 15.5 Å². The lowest BCUT2D eigenvalue weighted by molar-refractivity contribution is -0.383. The Morgan fingerprint density at radius 1 is 1.16 bits per heavy atom. The summed E-state index contributed by atoms with van der Waals surface area (Å²) in [5, 5.41) is 13.2. The van der Waals surface area contributed by atoms with Crippen molar-refractivity contribution in [2.45, 2.75) is 31.2 Å². The Bertz CT molecular complexity index is 1130. The fraction of sp³-hybridized carbons (Fsp3) is 0.263. The second-order valence-corrected chi connectivity index (χ2v) is 9.46. The number of hydrogen-bond donors (Lipinski definition) is 2. The summed E-state index contributed by atoms with van der Waals surface area (Å²) in [5.74, 6) is -1.78. The van der Waals surface area contributed by atoms with Gasteiger partial charge in [-0.1, -0.05) is 23.7 Å². The molecule has 12 heteroatoms. The molecule has 0 bridgehead atoms. The van der Waals surface area contributed by atoms with Crippen LogP contribution in [0.1, 0.15) is 31.1 Å². The van der Waals surface area contributed by atoms with E-state index in [1.54, 1.807) is 20.8 Å². The first-order valence-corrected chi connectivity index (χ1v) is 10.7. The molecule has 2 aromatic carbocycles. The van der Waals surface area contributed by atoms with Crippen LogP contribution in [0.3, 0.4) is 0 Å². The fourth-order valence-electron chi connectivity index (χ4n) is 2.43. The van der Waals surface area contributed by atoms with Crippen molar-refractivity contribution in [3.8, 4) is 0 Å². The highest BCUT2D eigenvalue weighted by Crippen LogP contribution is 2.25. The number of nitrogens with one attached hydrogen (secondary N) is 2. The SMILES string of the molecule is CC(C)(C)NS(=O)(=O)c1cc(C(=O)OCC(=O)Nc2ccccc2[N+](=O)[O-])ccc1Cl. The van der Waals surface area contributed by atoms with Gasteiger partial charge in [0.25, 0.3) is 11.6 Å². The lowest BCUT2D eigenvalue weighted by Crippen LogP contribution is -2.40. The minimum atomic E-state index is -4.02. The standard InChI is InChI=1S/C19H20ClN3O7S/c1-19(2,3)22-31(28,29)16-10-12(8-9-13(16)20)18(25)30-11-17(24)21-14-6-4-5-7-15(14)23(26)27/h4-10,22H,11H2,1-3H3,(H,21,24). The second kappa shape index (κ2) is 9.41. The highest BCUT2D eigenvalue weighted by Gasteiger charge is 2.26. The number of nitro groups is 1. The van der Waals surface area contributed by atoms with Crippen molar-refractivity contribution in [3.63, 3.8) is 0 Å². The van der Waals surface area contributed by atoms with E-state index >= 15 is 0 Å². The van der Waals surface area contributed by atoms with Crippen LogP contribution >= 0.6 is 11.6 Å². The van der Waals surface area contributed by atoms with Crippen LogP contribution in [0.2, 0.25) is 5.02 Å². The Labute approximate surface area is 183 Å². The summed E-state index contributed by atoms with van der Waals surface area (Å²) in [6, 6.07) is 8.99. The molecule has 2 aromatic rings. The molecule has 0 saturated heterocycles. The first kappa shape index (κ1) is 24.3. The van der Waals surface area contributed by atoms with Crippen molar-refractivity contribution in [1.82, 2.24) is 4.72 Å². The summed E-state index contributed by atoms with van der Waals surface area (Å²) in [7, 11) is -4.02. The van der Waals surface area contributed by atoms with Gasteiger partial charge in [0.1, 0.15) is 10.6 Å². The van der Waals surface area contributed by atoms with Gasteiger partial charge in [0.2, 0.25) is 10.0 Å². The van der Waals surface area contributed by atoms with Gasteiger partial charge in [-0.3, -0.25) is 14.9 Å². The van der Waals surface area contributed by atoms with Crippen molar-refractivity contribution < 1.29 is 27.7 Å². The maximum atomic E-state index is 12.5. The van der Waals surface area contributed by atoms with Crippen LogP contribution in [0, 0.1) is 10.1 Å². The molecule has 0 radical (unpaired) electrons. The van der Waals surface area contributed by atoms with Crippen molar-refractivity contribution in [1.29, 1.82) is 0 Å². The normalized spacial score (nSPS) is 11.6. The average molecular weight is 470 g/mol. The molecule has 2 N–H and O–H groups in total. The third-order valence-electron chi connectivity index (χ3n) is 3.61. The summed E-state index contributed by atoms with van der Waals surface area (Å²) in [6.07, 6.45) is 0. The van der Waals surface area contributed by atoms with Crippen LogP contribution in [0.5, 0.6) is 0 Å². The zero-order valence-corrected chi connectivity index (χ0v) is 18.4. The van der Waals surface area contributed by atoms with Crippen molar-refractivity contribution in [2.75, 3.05) is 11.9 Å². The third kappa shape index (κ3) is 6.74. The summed E-state index contributed by atoms with van der Waals surface area (Å²) in [4.78, 5) is 34.3. The molecular formula is C19H20ClN3O7S. The van der Waals surface area contributed by atoms with Crippen LogP contribution in [0.15, 0.2) is 47.4 Å². The molecule has 31 heavy (non-hydrogen) atoms. The predicted octanol–water partition coefficient (Wildman–Crippen LogP) is 3.12. The molecule has 0 aliphatic carbocycles. The van der Waals surface area contributed by atoms with Gasteiger partial charge in [-0.15, -0.1) is 0 Å². The number of carbonyl (C=O) groups excluding carboxylic acids is 2. The van der Waals surface area contributed by atoms with Crippen molar-refractivity contribution in [2.24, 2.45) is 0 Å². The average Bonchev–Trinajstić information content (AvgIpc) is 2.64. The van der Waals surface area contributed by atoms with Gasteiger partial charge in [-0.05, 0) is 45.0 Å². The molecule has 0 spiro atoms. The minimum absolute atomic E-state index is 0.0540. The van der Waals surface area contributed by atoms with E-state index in [9.17, 15) is 28.1 Å². The predicted molar refractivity (Wildman–Crippen MR) is 114 cm³/mol. The first-order valence-electron chi connectivity index (χ1n) is 8.84. The number of amides is 1. The van der Waals surface area contributed by atoms with Gasteiger partial charge in [0, 0.05) is 11.6 Å². The fourth-order valence-corrected chi connectivity index (χ4v) is 4.38. The molecule has 0 aliphatic rings. The van der Waals surface area contributed by atoms with Gasteiger partial charge >= 0.3 is 5.97 Å². The molecule has 1 amide bonds. The van der Waals surface area contributed by atoms with Crippen molar-refractivity contribution >= 4 is 44.9 Å². The number of ether oxygens (including phenoxy) is 1. The van der Waals surface area contributed by atoms with E-state index in [0.29, 0.717) is 0 Å². The van der Waals surface area contributed by atoms with Crippen LogP contribution < -0.4 is 10.0 Å². The zero-order valence-electron chi connectivity index (χ0n) is 16.8. The largest absolute Gasteiger partial charge is 0.452 e. The van der Waals surface area contributed by atoms with Crippen LogP contribution in [0.4, 0.5) is 11.4 Å². The Morgan fingerprint density at radius 2 is 1.81 bits per heavy atom. The summed E-state index contributed by atoms with van der Waals surface area (Å²) >= 11 is 5.98. The Balaban J connectivity index is 2.11. The molecular weight excluding hydrogens is 450 g/mol. The number of nitrogens with zero attached hydrogens (tertiary/aromatic N) is 1. The number of nitro benzene ring substituents is 1. The molecule has 166 valence electrons. The van der Waals surface area contributed by atoms with E-state index in [4.69, 9.17) is 16.3 Å². The molecule has 0 aromatic heterocycles. The molecule has 0 atom stereocenters. The Kier molecular flexibility index (Phi) is 7.37. The van der Waals surface area contributed by atoms with E-state index in [-0.39, 0.29) is 26.9 Å². The Hall–Kier alpha value is -3.02. The van der Waals surface area contributed by atoms with Gasteiger partial charge in [-0.25, -0.2) is 17.9 Å². The lowest BCUT2D eigenvalue weighted by atomic mass is 10.1. The van der Waals surface area contributed by atoms with E-state index in [0.717, 1.165) is 6.07 Å². The number of sulfonamides is 1. The van der Waals surface area contributed by atoms with Gasteiger partial charge in [0.15, 0.2) is 6.61 Å². The topological polar surface area (TPSA) is 145 Å². The monoisotopic (exact) mass is 469 g/mol. The highest BCUT2D eigenvalue weighted by atomic mass is 35.5. The van der Waals surface area contributed by atoms with Crippen LogP contribution in [-0.4, -0.2) is 37.4 Å².